The number of methoxy groups -OCH3 is 2. The number of carbonyl (C=O) groups is 4. The van der Waals surface area contributed by atoms with E-state index in [4.69, 9.17) is 19.4 Å². The van der Waals surface area contributed by atoms with Gasteiger partial charge in [-0.3, -0.25) is 9.59 Å². The predicted molar refractivity (Wildman–Crippen MR) is 242 cm³/mol. The van der Waals surface area contributed by atoms with Crippen LogP contribution in [0.1, 0.15) is 100 Å². The zero-order chi connectivity index (χ0) is 44.7. The highest BCUT2D eigenvalue weighted by Gasteiger charge is 2.58. The molecular weight excluding hydrogens is 809 g/mol. The van der Waals surface area contributed by atoms with E-state index in [0.29, 0.717) is 24.9 Å². The maximum Gasteiger partial charge on any atom is 0.407 e. The molecular formula is C50H58N8O6. The minimum absolute atomic E-state index is 0.0965. The number of ether oxygens (including phenoxy) is 2. The molecule has 64 heavy (non-hydrogen) atoms. The molecule has 4 aromatic rings. The summed E-state index contributed by atoms with van der Waals surface area (Å²) in [6, 6.07) is 7.46. The molecule has 14 nitrogen and oxygen atoms in total. The average molecular weight is 867 g/mol. The second kappa shape index (κ2) is 15.8. The molecule has 4 N–H and O–H groups in total. The van der Waals surface area contributed by atoms with Gasteiger partial charge in [0.1, 0.15) is 34.8 Å². The van der Waals surface area contributed by atoms with Crippen molar-refractivity contribution < 1.29 is 28.7 Å². The van der Waals surface area contributed by atoms with Gasteiger partial charge < -0.3 is 39.9 Å². The van der Waals surface area contributed by atoms with E-state index in [0.717, 1.165) is 85.5 Å². The van der Waals surface area contributed by atoms with Crippen LogP contribution in [0.25, 0.3) is 45.8 Å². The van der Waals surface area contributed by atoms with Gasteiger partial charge in [0.25, 0.3) is 0 Å². The highest BCUT2D eigenvalue weighted by atomic mass is 16.5. The number of allylic oxidation sites excluding steroid dienone is 2. The molecule has 4 aliphatic carbocycles. The van der Waals surface area contributed by atoms with Crippen molar-refractivity contribution in [3.05, 3.63) is 82.7 Å². The van der Waals surface area contributed by atoms with Crippen molar-refractivity contribution >= 4 is 36.2 Å². The van der Waals surface area contributed by atoms with Gasteiger partial charge in [-0.2, -0.15) is 0 Å². The summed E-state index contributed by atoms with van der Waals surface area (Å²) >= 11 is 0. The lowest BCUT2D eigenvalue weighted by atomic mass is 9.87. The summed E-state index contributed by atoms with van der Waals surface area (Å²) in [5.74, 6) is 1.96. The van der Waals surface area contributed by atoms with Crippen LogP contribution >= 0.6 is 0 Å². The molecule has 1 unspecified atom stereocenters. The van der Waals surface area contributed by atoms with E-state index >= 15 is 0 Å². The third-order valence-electron chi connectivity index (χ3n) is 15.2. The van der Waals surface area contributed by atoms with Crippen LogP contribution in [-0.4, -0.2) is 93.1 Å². The Kier molecular flexibility index (Phi) is 10.3. The second-order valence-corrected chi connectivity index (χ2v) is 19.5. The molecule has 2 saturated heterocycles. The summed E-state index contributed by atoms with van der Waals surface area (Å²) in [5, 5.41) is 5.57. The van der Waals surface area contributed by atoms with Crippen LogP contribution in [0, 0.1) is 23.7 Å². The molecule has 10 rings (SSSR count). The van der Waals surface area contributed by atoms with Gasteiger partial charge in [-0.1, -0.05) is 76.3 Å². The third kappa shape index (κ3) is 6.57. The Hall–Kier alpha value is -6.18. The normalized spacial score (nSPS) is 24.4. The van der Waals surface area contributed by atoms with Gasteiger partial charge in [-0.25, -0.2) is 19.6 Å². The highest BCUT2D eigenvalue weighted by Crippen LogP contribution is 2.54. The molecule has 4 amide bonds. The number of piperidine rings is 2. The van der Waals surface area contributed by atoms with E-state index in [-0.39, 0.29) is 23.7 Å². The van der Waals surface area contributed by atoms with Gasteiger partial charge in [-0.05, 0) is 108 Å². The van der Waals surface area contributed by atoms with Crippen molar-refractivity contribution in [2.45, 2.75) is 102 Å². The highest BCUT2D eigenvalue weighted by molar-refractivity contribution is 5.92. The maximum atomic E-state index is 14.2. The smallest absolute Gasteiger partial charge is 0.407 e. The van der Waals surface area contributed by atoms with Crippen molar-refractivity contribution in [3.8, 4) is 33.6 Å². The first kappa shape index (κ1) is 41.8. The maximum absolute atomic E-state index is 14.2. The topological polar surface area (TPSA) is 175 Å². The van der Waals surface area contributed by atoms with Crippen LogP contribution in [0.4, 0.5) is 9.59 Å². The van der Waals surface area contributed by atoms with E-state index in [9.17, 15) is 19.2 Å². The predicted octanol–water partition coefficient (Wildman–Crippen LogP) is 7.71. The van der Waals surface area contributed by atoms with E-state index in [1.807, 2.05) is 49.9 Å². The van der Waals surface area contributed by atoms with E-state index in [2.05, 4.69) is 69.2 Å². The number of hydrogen-bond donors (Lipinski definition) is 4. The number of nitrogens with zero attached hydrogens (tertiary/aromatic N) is 4. The molecule has 2 saturated carbocycles. The Morgan fingerprint density at radius 2 is 1.06 bits per heavy atom. The largest absolute Gasteiger partial charge is 0.453 e. The Labute approximate surface area is 373 Å². The summed E-state index contributed by atoms with van der Waals surface area (Å²) in [5.41, 5.74) is 10.2. The van der Waals surface area contributed by atoms with Gasteiger partial charge in [0.05, 0.1) is 38.0 Å². The number of likely N-dealkylation sites (tertiary alicyclic amines) is 2. The van der Waals surface area contributed by atoms with Crippen LogP contribution in [0.5, 0.6) is 0 Å². The SMILES string of the molecule is COC(=O)N[C@H](C(=O)N1C[C@H]2CCC1(c1ncc(-c3ccc(-c4ccc(-c5cnc([C@]67CC[C@H](CN6C(=O)[C@@H](NC(=O)OC)C(C)C)C7)[nH]5)c5c4C=CC5)c4c3CC=C4)[nH]1)C2)C(C)C. The van der Waals surface area contributed by atoms with Crippen molar-refractivity contribution in [1.82, 2.24) is 40.4 Å². The molecule has 0 spiro atoms. The fourth-order valence-electron chi connectivity index (χ4n) is 12.0. The number of carbonyl (C=O) groups excluding carboxylic acids is 4. The number of hydrogen-bond acceptors (Lipinski definition) is 8. The number of benzene rings is 2. The van der Waals surface area contributed by atoms with Gasteiger partial charge in [0, 0.05) is 24.2 Å². The Bertz CT molecular complexity index is 2450. The van der Waals surface area contributed by atoms with Gasteiger partial charge in [0.15, 0.2) is 0 Å². The minimum atomic E-state index is -0.695. The van der Waals surface area contributed by atoms with Crippen LogP contribution < -0.4 is 10.6 Å². The fourth-order valence-corrected chi connectivity index (χ4v) is 12.0. The molecule has 6 atom stereocenters. The number of aromatic amines is 2. The molecule has 2 aliphatic heterocycles. The number of fused-ring (bicyclic) bond motifs is 6. The van der Waals surface area contributed by atoms with Crippen molar-refractivity contribution in [3.63, 3.8) is 0 Å². The Morgan fingerprint density at radius 3 is 1.44 bits per heavy atom. The van der Waals surface area contributed by atoms with Crippen LogP contribution in [0.2, 0.25) is 0 Å². The van der Waals surface area contributed by atoms with Gasteiger partial charge in [-0.15, -0.1) is 0 Å². The number of H-pyrrole nitrogens is 2. The van der Waals surface area contributed by atoms with Crippen LogP contribution in [0.3, 0.4) is 0 Å². The van der Waals surface area contributed by atoms with E-state index in [1.54, 1.807) is 0 Å². The summed E-state index contributed by atoms with van der Waals surface area (Å²) in [6.07, 6.45) is 18.5. The second-order valence-electron chi connectivity index (χ2n) is 19.5. The molecule has 0 radical (unpaired) electrons. The van der Waals surface area contributed by atoms with Crippen molar-refractivity contribution in [2.24, 2.45) is 23.7 Å². The third-order valence-corrected chi connectivity index (χ3v) is 15.2. The molecule has 2 aromatic heterocycles. The number of alkyl carbamates (subject to hydrolysis) is 2. The summed E-state index contributed by atoms with van der Waals surface area (Å²) in [6.45, 7) is 9.04. The van der Waals surface area contributed by atoms with Gasteiger partial charge >= 0.3 is 12.2 Å². The molecule has 4 fully saturated rings. The molecule has 334 valence electrons. The average Bonchev–Trinajstić information content (AvgIpc) is 4.15. The first-order chi connectivity index (χ1) is 30.8. The molecule has 4 heterocycles. The Morgan fingerprint density at radius 1 is 0.656 bits per heavy atom. The first-order valence-electron chi connectivity index (χ1n) is 22.9. The summed E-state index contributed by atoms with van der Waals surface area (Å²) < 4.78 is 9.74. The Balaban J connectivity index is 0.935. The molecule has 2 aromatic carbocycles. The number of imidazole rings is 2. The number of amides is 4. The van der Waals surface area contributed by atoms with Crippen LogP contribution in [0.15, 0.2) is 48.8 Å². The van der Waals surface area contributed by atoms with Crippen LogP contribution in [-0.2, 0) is 43.0 Å². The summed E-state index contributed by atoms with van der Waals surface area (Å²) in [4.78, 5) is 74.1. The number of aromatic nitrogens is 4. The number of rotatable bonds is 11. The number of nitrogens with one attached hydrogen (secondary N) is 4. The molecule has 4 bridgehead atoms. The van der Waals surface area contributed by atoms with E-state index < -0.39 is 35.3 Å². The molecule has 6 aliphatic rings. The van der Waals surface area contributed by atoms with Crippen molar-refractivity contribution in [2.75, 3.05) is 27.3 Å². The fraction of sp³-hybridized carbons (Fsp3) is 0.480. The van der Waals surface area contributed by atoms with Crippen molar-refractivity contribution in [1.29, 1.82) is 0 Å². The summed E-state index contributed by atoms with van der Waals surface area (Å²) in [7, 11) is 2.63. The lowest BCUT2D eigenvalue weighted by Crippen LogP contribution is -2.56. The first-order valence-corrected chi connectivity index (χ1v) is 22.9. The lowest BCUT2D eigenvalue weighted by Gasteiger charge is -2.40. The van der Waals surface area contributed by atoms with E-state index in [1.165, 1.54) is 47.6 Å². The lowest BCUT2D eigenvalue weighted by molar-refractivity contribution is -0.141. The standard InChI is InChI=1S/C50H58N8O6/c1-27(2)41(55-47(61)63-5)43(59)57-25-29-17-19-49(57,21-29)45-51-23-39(53-45)37-15-13-35(31-9-7-11-33(31)37)36-14-16-38(34-12-8-10-32(34)36)40-24-52-46(54-40)50-20-18-30(22-50)26-58(50)44(60)42(28(3)4)56-48(62)64-6/h7-10,13-16,23-24,27-30,41-42H,11-12,17-22,25-26H2,1-6H3,(H,51,53)(H,52,54)(H,55,61)(H,56,62)/t29-,30-,41-,42-,49+,50?/m0/s1. The quantitative estimate of drug-likeness (QED) is 0.119. The zero-order valence-electron chi connectivity index (χ0n) is 37.5. The molecule has 14 heteroatoms. The van der Waals surface area contributed by atoms with Gasteiger partial charge in [0.2, 0.25) is 11.8 Å². The minimum Gasteiger partial charge on any atom is -0.453 e. The monoisotopic (exact) mass is 866 g/mol. The zero-order valence-corrected chi connectivity index (χ0v) is 37.5.